The van der Waals surface area contributed by atoms with Crippen LogP contribution in [0.4, 0.5) is 4.79 Å². The summed E-state index contributed by atoms with van der Waals surface area (Å²) in [6.07, 6.45) is 0.702. The van der Waals surface area contributed by atoms with Crippen LogP contribution in [0, 0.1) is 0 Å². The first-order valence-corrected chi connectivity index (χ1v) is 11.0. The molecule has 3 aromatic rings. The number of ether oxygens (including phenoxy) is 1. The lowest BCUT2D eigenvalue weighted by molar-refractivity contribution is -0.137. The van der Waals surface area contributed by atoms with Crippen molar-refractivity contribution in [2.75, 3.05) is 6.61 Å². The van der Waals surface area contributed by atoms with Gasteiger partial charge < -0.3 is 24.9 Å². The van der Waals surface area contributed by atoms with Crippen molar-refractivity contribution in [2.24, 2.45) is 0 Å². The molecule has 3 N–H and O–H groups in total. The Morgan fingerprint density at radius 2 is 1.74 bits per heavy atom. The summed E-state index contributed by atoms with van der Waals surface area (Å²) in [5.41, 5.74) is 4.54. The van der Waals surface area contributed by atoms with E-state index < -0.39 is 18.0 Å². The highest BCUT2D eigenvalue weighted by molar-refractivity contribution is 5.93. The highest BCUT2D eigenvalue weighted by atomic mass is 16.5. The maximum atomic E-state index is 12.4. The van der Waals surface area contributed by atoms with E-state index in [1.54, 1.807) is 6.92 Å². The maximum absolute atomic E-state index is 12.4. The SMILES string of the molecule is CC(CCC(=O)O)NC(=O)c1ncoc1CNC(=O)OCC1c2ccccc2-c2ccccc21. The summed E-state index contributed by atoms with van der Waals surface area (Å²) < 4.78 is 10.7. The first-order chi connectivity index (χ1) is 16.4. The molecule has 34 heavy (non-hydrogen) atoms. The van der Waals surface area contributed by atoms with E-state index in [1.165, 1.54) is 0 Å². The Bertz CT molecular complexity index is 1160. The Labute approximate surface area is 196 Å². The number of amides is 2. The van der Waals surface area contributed by atoms with E-state index in [0.29, 0.717) is 0 Å². The summed E-state index contributed by atoms with van der Waals surface area (Å²) in [6, 6.07) is 15.8. The van der Waals surface area contributed by atoms with Crippen LogP contribution in [-0.2, 0) is 16.1 Å². The van der Waals surface area contributed by atoms with E-state index >= 15 is 0 Å². The first kappa shape index (κ1) is 23.0. The number of fused-ring (bicyclic) bond motifs is 3. The minimum absolute atomic E-state index is 0.0288. The summed E-state index contributed by atoms with van der Waals surface area (Å²) >= 11 is 0. The van der Waals surface area contributed by atoms with Gasteiger partial charge in [-0.05, 0) is 35.6 Å². The summed E-state index contributed by atoms with van der Waals surface area (Å²) in [6.45, 7) is 1.79. The highest BCUT2D eigenvalue weighted by Crippen LogP contribution is 2.44. The topological polar surface area (TPSA) is 131 Å². The maximum Gasteiger partial charge on any atom is 0.407 e. The molecule has 2 amide bonds. The van der Waals surface area contributed by atoms with Crippen LogP contribution in [0.25, 0.3) is 11.1 Å². The zero-order valence-corrected chi connectivity index (χ0v) is 18.6. The summed E-state index contributed by atoms with van der Waals surface area (Å²) in [4.78, 5) is 39.4. The van der Waals surface area contributed by atoms with Gasteiger partial charge in [0.25, 0.3) is 5.91 Å². The second-order valence-corrected chi connectivity index (χ2v) is 8.11. The van der Waals surface area contributed by atoms with Gasteiger partial charge in [0, 0.05) is 18.4 Å². The molecule has 1 heterocycles. The van der Waals surface area contributed by atoms with Crippen LogP contribution < -0.4 is 10.6 Å². The zero-order chi connectivity index (χ0) is 24.1. The lowest BCUT2D eigenvalue weighted by Crippen LogP contribution is -2.34. The molecular formula is C25H25N3O6. The number of oxazole rings is 1. The van der Waals surface area contributed by atoms with Crippen molar-refractivity contribution in [1.82, 2.24) is 15.6 Å². The quantitative estimate of drug-likeness (QED) is 0.441. The largest absolute Gasteiger partial charge is 0.481 e. The Morgan fingerprint density at radius 3 is 2.38 bits per heavy atom. The van der Waals surface area contributed by atoms with Gasteiger partial charge in [0.1, 0.15) is 6.61 Å². The fourth-order valence-corrected chi connectivity index (χ4v) is 4.09. The fourth-order valence-electron chi connectivity index (χ4n) is 4.09. The Hall–Kier alpha value is -4.14. The molecule has 1 aromatic heterocycles. The van der Waals surface area contributed by atoms with Gasteiger partial charge in [-0.2, -0.15) is 0 Å². The number of alkyl carbamates (subject to hydrolysis) is 1. The third-order valence-electron chi connectivity index (χ3n) is 5.76. The molecule has 0 saturated heterocycles. The molecule has 1 atom stereocenters. The summed E-state index contributed by atoms with van der Waals surface area (Å²) in [5.74, 6) is -1.32. The lowest BCUT2D eigenvalue weighted by Gasteiger charge is -2.14. The van der Waals surface area contributed by atoms with Gasteiger partial charge in [-0.3, -0.25) is 9.59 Å². The van der Waals surface area contributed by atoms with E-state index in [2.05, 4.69) is 27.8 Å². The summed E-state index contributed by atoms with van der Waals surface area (Å²) in [7, 11) is 0. The minimum atomic E-state index is -0.935. The van der Waals surface area contributed by atoms with Crippen molar-refractivity contribution in [3.63, 3.8) is 0 Å². The number of benzene rings is 2. The number of rotatable bonds is 9. The van der Waals surface area contributed by atoms with Crippen molar-refractivity contribution in [3.05, 3.63) is 77.5 Å². The van der Waals surface area contributed by atoms with Crippen molar-refractivity contribution >= 4 is 18.0 Å². The third-order valence-corrected chi connectivity index (χ3v) is 5.76. The Kier molecular flexibility index (Phi) is 6.91. The molecule has 0 saturated carbocycles. The normalized spacial score (nSPS) is 13.0. The van der Waals surface area contributed by atoms with Gasteiger partial charge >= 0.3 is 12.1 Å². The third kappa shape index (κ3) is 5.09. The van der Waals surface area contributed by atoms with E-state index in [4.69, 9.17) is 14.3 Å². The number of hydrogen-bond donors (Lipinski definition) is 3. The molecular weight excluding hydrogens is 438 g/mol. The molecule has 0 radical (unpaired) electrons. The predicted molar refractivity (Wildman–Crippen MR) is 122 cm³/mol. The van der Waals surface area contributed by atoms with E-state index in [1.807, 2.05) is 36.4 Å². The number of aliphatic carboxylic acids is 1. The van der Waals surface area contributed by atoms with Crippen molar-refractivity contribution in [2.45, 2.75) is 38.3 Å². The number of carboxylic acids is 1. The van der Waals surface area contributed by atoms with Gasteiger partial charge in [-0.1, -0.05) is 48.5 Å². The molecule has 9 nitrogen and oxygen atoms in total. The number of nitrogens with zero attached hydrogens (tertiary/aromatic N) is 1. The smallest absolute Gasteiger partial charge is 0.407 e. The van der Waals surface area contributed by atoms with Crippen LogP contribution in [0.2, 0.25) is 0 Å². The fraction of sp³-hybridized carbons (Fsp3) is 0.280. The van der Waals surface area contributed by atoms with Crippen LogP contribution in [0.3, 0.4) is 0 Å². The molecule has 0 bridgehead atoms. The van der Waals surface area contributed by atoms with E-state index in [9.17, 15) is 14.4 Å². The monoisotopic (exact) mass is 463 g/mol. The number of carboxylic acid groups (broad SMARTS) is 1. The zero-order valence-electron chi connectivity index (χ0n) is 18.6. The minimum Gasteiger partial charge on any atom is -0.481 e. The molecule has 1 aliphatic rings. The molecule has 1 aliphatic carbocycles. The molecule has 4 rings (SSSR count). The Balaban J connectivity index is 1.32. The van der Waals surface area contributed by atoms with Crippen molar-refractivity contribution in [1.29, 1.82) is 0 Å². The van der Waals surface area contributed by atoms with Crippen LogP contribution in [0.15, 0.2) is 59.3 Å². The molecule has 0 fully saturated rings. The van der Waals surface area contributed by atoms with Gasteiger partial charge in [0.15, 0.2) is 17.8 Å². The van der Waals surface area contributed by atoms with Gasteiger partial charge in [0.2, 0.25) is 0 Å². The van der Waals surface area contributed by atoms with Crippen molar-refractivity contribution in [3.8, 4) is 11.1 Å². The molecule has 176 valence electrons. The van der Waals surface area contributed by atoms with Crippen LogP contribution in [-0.4, -0.2) is 40.7 Å². The Morgan fingerprint density at radius 1 is 1.09 bits per heavy atom. The van der Waals surface area contributed by atoms with Crippen LogP contribution in [0.1, 0.15) is 53.1 Å². The first-order valence-electron chi connectivity index (χ1n) is 11.0. The van der Waals surface area contributed by atoms with Gasteiger partial charge in [0.05, 0.1) is 6.54 Å². The van der Waals surface area contributed by atoms with Gasteiger partial charge in [-0.25, -0.2) is 9.78 Å². The number of hydrogen-bond acceptors (Lipinski definition) is 6. The molecule has 9 heteroatoms. The van der Waals surface area contributed by atoms with Crippen LogP contribution in [0.5, 0.6) is 0 Å². The average molecular weight is 463 g/mol. The number of nitrogens with one attached hydrogen (secondary N) is 2. The van der Waals surface area contributed by atoms with Gasteiger partial charge in [-0.15, -0.1) is 0 Å². The molecule has 0 aliphatic heterocycles. The second-order valence-electron chi connectivity index (χ2n) is 8.11. The second kappa shape index (κ2) is 10.2. The molecule has 0 spiro atoms. The number of aromatic nitrogens is 1. The van der Waals surface area contributed by atoms with E-state index in [-0.39, 0.29) is 49.4 Å². The highest BCUT2D eigenvalue weighted by Gasteiger charge is 2.29. The van der Waals surface area contributed by atoms with Crippen molar-refractivity contribution < 1.29 is 28.6 Å². The summed E-state index contributed by atoms with van der Waals surface area (Å²) in [5, 5.41) is 14.0. The lowest BCUT2D eigenvalue weighted by atomic mass is 9.98. The standard InChI is InChI=1S/C25H25N3O6/c1-15(10-11-22(29)30)28-24(31)23-21(34-14-27-23)12-26-25(32)33-13-20-18-8-4-2-6-16(18)17-7-3-5-9-19(17)20/h2-9,14-15,20H,10-13H2,1H3,(H,26,32)(H,28,31)(H,29,30). The molecule has 2 aromatic carbocycles. The van der Waals surface area contributed by atoms with E-state index in [0.717, 1.165) is 28.6 Å². The number of carbonyl (C=O) groups is 3. The predicted octanol–water partition coefficient (Wildman–Crippen LogP) is 3.70. The number of carbonyl (C=O) groups excluding carboxylic acids is 2. The average Bonchev–Trinajstić information content (AvgIpc) is 3.43. The molecule has 1 unspecified atom stereocenters. The van der Waals surface area contributed by atoms with Crippen LogP contribution >= 0.6 is 0 Å².